The number of methoxy groups -OCH3 is 1. The van der Waals surface area contributed by atoms with Crippen LogP contribution < -0.4 is 10.1 Å². The Morgan fingerprint density at radius 2 is 1.59 bits per heavy atom. The second kappa shape index (κ2) is 14.5. The first-order valence-corrected chi connectivity index (χ1v) is 14.6. The number of hydrogen-bond donors (Lipinski definition) is 2. The van der Waals surface area contributed by atoms with E-state index >= 15 is 0 Å². The lowest BCUT2D eigenvalue weighted by Gasteiger charge is -2.30. The first-order valence-electron chi connectivity index (χ1n) is 14.6. The van der Waals surface area contributed by atoms with Crippen molar-refractivity contribution in [1.29, 1.82) is 0 Å². The van der Waals surface area contributed by atoms with Crippen molar-refractivity contribution in [2.45, 2.75) is 71.5 Å². The summed E-state index contributed by atoms with van der Waals surface area (Å²) in [7, 11) is 1.25. The fraction of sp³-hybridized carbons (Fsp3) is 0.364. The van der Waals surface area contributed by atoms with E-state index in [1.807, 2.05) is 50.2 Å². The number of esters is 2. The van der Waals surface area contributed by atoms with E-state index in [4.69, 9.17) is 14.2 Å². The number of allylic oxidation sites excluding steroid dienone is 2. The molecule has 4 rings (SSSR count). The molecule has 0 spiro atoms. The van der Waals surface area contributed by atoms with E-state index in [0.717, 1.165) is 30.5 Å². The highest BCUT2D eigenvalue weighted by atomic mass is 16.6. The molecule has 0 amide bonds. The molecule has 11 nitrogen and oxygen atoms in total. The summed E-state index contributed by atoms with van der Waals surface area (Å²) >= 11 is 0. The summed E-state index contributed by atoms with van der Waals surface area (Å²) in [5.41, 5.74) is 3.59. The average molecular weight is 603 g/mol. The molecule has 44 heavy (non-hydrogen) atoms. The molecule has 3 aromatic rings. The number of nitrogens with zero attached hydrogens (tertiary/aromatic N) is 2. The Balaban J connectivity index is 1.35. The third-order valence-electron chi connectivity index (χ3n) is 7.54. The number of aromatic amines is 1. The highest BCUT2D eigenvalue weighted by Gasteiger charge is 2.38. The van der Waals surface area contributed by atoms with Crippen molar-refractivity contribution < 1.29 is 28.7 Å². The first kappa shape index (κ1) is 32.0. The van der Waals surface area contributed by atoms with E-state index in [9.17, 15) is 19.7 Å². The molecule has 232 valence electrons. The fourth-order valence-electron chi connectivity index (χ4n) is 5.36. The molecule has 0 saturated heterocycles. The van der Waals surface area contributed by atoms with Gasteiger partial charge in [0.15, 0.2) is 0 Å². The third-order valence-corrected chi connectivity index (χ3v) is 7.54. The second-order valence-corrected chi connectivity index (χ2v) is 10.9. The molecule has 1 aliphatic heterocycles. The maximum absolute atomic E-state index is 13.6. The fourth-order valence-corrected chi connectivity index (χ4v) is 5.36. The summed E-state index contributed by atoms with van der Waals surface area (Å²) in [5.74, 6) is -1.60. The van der Waals surface area contributed by atoms with Crippen molar-refractivity contribution in [2.75, 3.05) is 7.11 Å². The highest BCUT2D eigenvalue weighted by Crippen LogP contribution is 2.40. The predicted octanol–water partition coefficient (Wildman–Crippen LogP) is 6.35. The number of ether oxygens (including phenoxy) is 3. The summed E-state index contributed by atoms with van der Waals surface area (Å²) < 4.78 is 16.8. The van der Waals surface area contributed by atoms with E-state index in [2.05, 4.69) is 15.5 Å². The SMILES string of the molecule is COC(=O)C1=C(C)NC(C)=C(C(=O)OC(C)CCCCC(C)Oc2cc(-c3ccccc3)[nH]n2)C1c1cccc([N+](=O)[O-])c1. The summed E-state index contributed by atoms with van der Waals surface area (Å²) in [6.45, 7) is 7.23. The van der Waals surface area contributed by atoms with Gasteiger partial charge in [-0.1, -0.05) is 42.5 Å². The molecule has 0 aliphatic carbocycles. The van der Waals surface area contributed by atoms with Gasteiger partial charge in [0.25, 0.3) is 5.69 Å². The molecular weight excluding hydrogens is 564 g/mol. The molecule has 2 aromatic carbocycles. The second-order valence-electron chi connectivity index (χ2n) is 10.9. The van der Waals surface area contributed by atoms with Gasteiger partial charge in [-0.2, -0.15) is 0 Å². The van der Waals surface area contributed by atoms with E-state index in [1.165, 1.54) is 25.3 Å². The standard InChI is InChI=1S/C33H38N4O7/c1-20(43-28-19-27(35-36-28)24-14-7-6-8-15-24)12-9-10-13-21(2)44-33(39)30-23(4)34-22(3)29(32(38)42-5)31(30)25-16-11-17-26(18-25)37(40)41/h6-8,11,14-21,31,34H,9-10,12-13H2,1-5H3,(H,35,36). The number of dihydropyridines is 1. The lowest BCUT2D eigenvalue weighted by atomic mass is 9.80. The van der Waals surface area contributed by atoms with Gasteiger partial charge in [0.2, 0.25) is 5.88 Å². The molecule has 0 saturated carbocycles. The number of nitro groups is 1. The number of hydrogen-bond acceptors (Lipinski definition) is 9. The van der Waals surface area contributed by atoms with Crippen molar-refractivity contribution in [3.8, 4) is 17.1 Å². The quantitative estimate of drug-likeness (QED) is 0.0988. The van der Waals surface area contributed by atoms with Gasteiger partial charge < -0.3 is 19.5 Å². The van der Waals surface area contributed by atoms with Crippen molar-refractivity contribution in [1.82, 2.24) is 15.5 Å². The monoisotopic (exact) mass is 602 g/mol. The zero-order valence-corrected chi connectivity index (χ0v) is 25.6. The molecular formula is C33H38N4O7. The van der Waals surface area contributed by atoms with Gasteiger partial charge in [-0.25, -0.2) is 9.59 Å². The molecule has 1 aromatic heterocycles. The molecule has 2 N–H and O–H groups in total. The van der Waals surface area contributed by atoms with Crippen LogP contribution in [0.4, 0.5) is 5.69 Å². The predicted molar refractivity (Wildman–Crippen MR) is 165 cm³/mol. The molecule has 2 heterocycles. The number of nitro benzene ring substituents is 1. The minimum Gasteiger partial charge on any atom is -0.474 e. The van der Waals surface area contributed by atoms with Crippen LogP contribution in [0.25, 0.3) is 11.3 Å². The van der Waals surface area contributed by atoms with Gasteiger partial charge in [-0.05, 0) is 64.5 Å². The molecule has 1 aliphatic rings. The Bertz CT molecular complexity index is 1560. The first-order chi connectivity index (χ1) is 21.1. The minimum atomic E-state index is -0.897. The Morgan fingerprint density at radius 3 is 2.25 bits per heavy atom. The summed E-state index contributed by atoms with van der Waals surface area (Å²) in [6, 6.07) is 17.7. The molecule has 0 bridgehead atoms. The van der Waals surface area contributed by atoms with E-state index in [-0.39, 0.29) is 22.9 Å². The topological polar surface area (TPSA) is 146 Å². The van der Waals surface area contributed by atoms with Crippen molar-refractivity contribution >= 4 is 17.6 Å². The van der Waals surface area contributed by atoms with Crippen LogP contribution in [0.15, 0.2) is 83.2 Å². The van der Waals surface area contributed by atoms with Gasteiger partial charge in [0.05, 0.1) is 47.0 Å². The maximum atomic E-state index is 13.6. The van der Waals surface area contributed by atoms with Gasteiger partial charge in [-0.15, -0.1) is 5.10 Å². The lowest BCUT2D eigenvalue weighted by Crippen LogP contribution is -2.33. The molecule has 3 unspecified atom stereocenters. The van der Waals surface area contributed by atoms with Gasteiger partial charge in [0, 0.05) is 29.6 Å². The third kappa shape index (κ3) is 7.71. The van der Waals surface area contributed by atoms with Crippen LogP contribution in [-0.4, -0.2) is 46.4 Å². The Morgan fingerprint density at radius 1 is 0.932 bits per heavy atom. The van der Waals surface area contributed by atoms with Crippen LogP contribution >= 0.6 is 0 Å². The van der Waals surface area contributed by atoms with Crippen LogP contribution in [0.3, 0.4) is 0 Å². The van der Waals surface area contributed by atoms with Crippen molar-refractivity contribution in [3.63, 3.8) is 0 Å². The summed E-state index contributed by atoms with van der Waals surface area (Å²) in [6.07, 6.45) is 2.62. The van der Waals surface area contributed by atoms with Crippen LogP contribution in [-0.2, 0) is 19.1 Å². The number of aromatic nitrogens is 2. The molecule has 11 heteroatoms. The van der Waals surface area contributed by atoms with Gasteiger partial charge in [0.1, 0.15) is 0 Å². The molecule has 0 fully saturated rings. The van der Waals surface area contributed by atoms with Crippen molar-refractivity contribution in [2.24, 2.45) is 0 Å². The number of non-ortho nitro benzene ring substituents is 1. The Labute approximate surface area is 256 Å². The number of H-pyrrole nitrogens is 1. The number of rotatable bonds is 13. The van der Waals surface area contributed by atoms with E-state index < -0.39 is 28.9 Å². The van der Waals surface area contributed by atoms with Gasteiger partial charge >= 0.3 is 11.9 Å². The zero-order valence-electron chi connectivity index (χ0n) is 25.6. The summed E-state index contributed by atoms with van der Waals surface area (Å²) in [4.78, 5) is 37.4. The van der Waals surface area contributed by atoms with Crippen LogP contribution in [0.1, 0.15) is 64.9 Å². The number of carbonyl (C=O) groups excluding carboxylic acids is 2. The average Bonchev–Trinajstić information content (AvgIpc) is 3.47. The number of carbonyl (C=O) groups is 2. The molecule has 0 radical (unpaired) electrons. The van der Waals surface area contributed by atoms with Gasteiger partial charge in [-0.3, -0.25) is 15.2 Å². The lowest BCUT2D eigenvalue weighted by molar-refractivity contribution is -0.384. The van der Waals surface area contributed by atoms with Crippen molar-refractivity contribution in [3.05, 3.63) is 98.9 Å². The van der Waals surface area contributed by atoms with Crippen LogP contribution in [0, 0.1) is 10.1 Å². The maximum Gasteiger partial charge on any atom is 0.337 e. The number of nitrogens with one attached hydrogen (secondary N) is 2. The summed E-state index contributed by atoms with van der Waals surface area (Å²) in [5, 5.41) is 21.8. The van der Waals surface area contributed by atoms with Crippen LogP contribution in [0.5, 0.6) is 5.88 Å². The smallest absolute Gasteiger partial charge is 0.337 e. The van der Waals surface area contributed by atoms with E-state index in [1.54, 1.807) is 19.9 Å². The normalized spacial score (nSPS) is 16.2. The molecule has 3 atom stereocenters. The number of benzene rings is 2. The Hall–Kier alpha value is -4.93. The Kier molecular flexibility index (Phi) is 10.5. The van der Waals surface area contributed by atoms with E-state index in [0.29, 0.717) is 29.3 Å². The minimum absolute atomic E-state index is 0.0524. The zero-order chi connectivity index (χ0) is 31.8. The largest absolute Gasteiger partial charge is 0.474 e. The van der Waals surface area contributed by atoms with Crippen LogP contribution in [0.2, 0.25) is 0 Å². The highest BCUT2D eigenvalue weighted by molar-refractivity contribution is 6.00. The number of unbranched alkanes of at least 4 members (excludes halogenated alkanes) is 1.